The third-order valence-corrected chi connectivity index (χ3v) is 7.97. The molecule has 1 aliphatic rings. The van der Waals surface area contributed by atoms with E-state index in [2.05, 4.69) is 10.3 Å². The van der Waals surface area contributed by atoms with Crippen molar-refractivity contribution in [3.8, 4) is 6.07 Å². The van der Waals surface area contributed by atoms with Crippen LogP contribution in [0.2, 0.25) is 0 Å². The number of piperazine rings is 1. The Kier molecular flexibility index (Phi) is 7.17. The number of rotatable bonds is 6. The number of hydrogen-bond acceptors (Lipinski definition) is 7. The fraction of sp³-hybridized carbons (Fsp3) is 0.375. The highest BCUT2D eigenvalue weighted by Crippen LogP contribution is 2.34. The molecule has 1 aliphatic heterocycles. The number of nitriles is 1. The fourth-order valence-corrected chi connectivity index (χ4v) is 5.15. The van der Waals surface area contributed by atoms with E-state index in [-0.39, 0.29) is 51.3 Å². The van der Waals surface area contributed by atoms with Crippen LogP contribution in [0.5, 0.6) is 0 Å². The molecule has 0 bridgehead atoms. The van der Waals surface area contributed by atoms with Gasteiger partial charge in [-0.3, -0.25) is 14.3 Å². The van der Waals surface area contributed by atoms with E-state index in [4.69, 9.17) is 0 Å². The third kappa shape index (κ3) is 5.28. The molecule has 0 spiro atoms. The summed E-state index contributed by atoms with van der Waals surface area (Å²) in [6, 6.07) is 8.08. The zero-order valence-electron chi connectivity index (χ0n) is 19.5. The molecule has 2 aromatic carbocycles. The molecule has 36 heavy (non-hydrogen) atoms. The standard InChI is InChI=1S/C24H24F3N5O3S/c1-2-36(34,35)19-4-3-16(12-28)17(9-19)14-32-15-30-22-10-18(13-31-7-5-29-6-8-31)21(24(25,26)27)11-20(22)23(32)33/h3-4,9-11,15,29H,2,5-8,13-14H2,1H3. The number of aromatic nitrogens is 2. The van der Waals surface area contributed by atoms with E-state index in [9.17, 15) is 31.6 Å². The summed E-state index contributed by atoms with van der Waals surface area (Å²) in [5, 5.41) is 12.4. The Balaban J connectivity index is 1.78. The molecular weight excluding hydrogens is 495 g/mol. The first-order valence-corrected chi connectivity index (χ1v) is 13.0. The summed E-state index contributed by atoms with van der Waals surface area (Å²) in [5.74, 6) is -0.147. The highest BCUT2D eigenvalue weighted by atomic mass is 32.2. The van der Waals surface area contributed by atoms with Gasteiger partial charge >= 0.3 is 6.18 Å². The van der Waals surface area contributed by atoms with Crippen molar-refractivity contribution in [1.29, 1.82) is 5.26 Å². The molecule has 1 saturated heterocycles. The lowest BCUT2D eigenvalue weighted by molar-refractivity contribution is -0.138. The van der Waals surface area contributed by atoms with E-state index >= 15 is 0 Å². The minimum Gasteiger partial charge on any atom is -0.314 e. The fourth-order valence-electron chi connectivity index (χ4n) is 4.22. The first-order valence-electron chi connectivity index (χ1n) is 11.3. The number of nitrogens with one attached hydrogen (secondary N) is 1. The van der Waals surface area contributed by atoms with E-state index in [1.165, 1.54) is 37.5 Å². The third-order valence-electron chi connectivity index (χ3n) is 6.23. The van der Waals surface area contributed by atoms with Crippen molar-refractivity contribution in [3.63, 3.8) is 0 Å². The van der Waals surface area contributed by atoms with Crippen molar-refractivity contribution in [2.24, 2.45) is 0 Å². The minimum absolute atomic E-state index is 0.00212. The second-order valence-electron chi connectivity index (χ2n) is 8.56. The minimum atomic E-state index is -4.67. The van der Waals surface area contributed by atoms with Crippen molar-refractivity contribution >= 4 is 20.7 Å². The molecule has 0 amide bonds. The molecule has 0 saturated carbocycles. The molecule has 0 aliphatic carbocycles. The smallest absolute Gasteiger partial charge is 0.314 e. The molecule has 4 rings (SSSR count). The lowest BCUT2D eigenvalue weighted by Gasteiger charge is -2.28. The van der Waals surface area contributed by atoms with Gasteiger partial charge in [0.2, 0.25) is 0 Å². The maximum Gasteiger partial charge on any atom is 0.416 e. The molecule has 8 nitrogen and oxygen atoms in total. The van der Waals surface area contributed by atoms with Gasteiger partial charge in [-0.05, 0) is 41.5 Å². The summed E-state index contributed by atoms with van der Waals surface area (Å²) in [7, 11) is -3.57. The summed E-state index contributed by atoms with van der Waals surface area (Å²) >= 11 is 0. The molecule has 1 aromatic heterocycles. The van der Waals surface area contributed by atoms with Crippen molar-refractivity contribution in [3.05, 3.63) is 69.3 Å². The van der Waals surface area contributed by atoms with Gasteiger partial charge in [-0.15, -0.1) is 0 Å². The van der Waals surface area contributed by atoms with Crippen LogP contribution in [0.3, 0.4) is 0 Å². The van der Waals surface area contributed by atoms with Crippen LogP contribution in [0.25, 0.3) is 10.9 Å². The number of fused-ring (bicyclic) bond motifs is 1. The largest absolute Gasteiger partial charge is 0.416 e. The van der Waals surface area contributed by atoms with Gasteiger partial charge in [-0.25, -0.2) is 13.4 Å². The van der Waals surface area contributed by atoms with Gasteiger partial charge < -0.3 is 5.32 Å². The lowest BCUT2D eigenvalue weighted by Crippen LogP contribution is -2.43. The molecule has 0 unspecified atom stereocenters. The second-order valence-corrected chi connectivity index (χ2v) is 10.8. The van der Waals surface area contributed by atoms with E-state index < -0.39 is 27.1 Å². The Morgan fingerprint density at radius 1 is 1.11 bits per heavy atom. The molecule has 1 N–H and O–H groups in total. The van der Waals surface area contributed by atoms with Gasteiger partial charge in [0, 0.05) is 32.7 Å². The number of benzene rings is 2. The number of sulfone groups is 1. The van der Waals surface area contributed by atoms with Gasteiger partial charge in [0.15, 0.2) is 9.84 Å². The van der Waals surface area contributed by atoms with Crippen LogP contribution < -0.4 is 10.9 Å². The van der Waals surface area contributed by atoms with Crippen LogP contribution in [0.4, 0.5) is 13.2 Å². The van der Waals surface area contributed by atoms with Crippen molar-refractivity contribution in [2.75, 3.05) is 31.9 Å². The van der Waals surface area contributed by atoms with E-state index in [0.29, 0.717) is 26.2 Å². The van der Waals surface area contributed by atoms with E-state index in [0.717, 1.165) is 10.6 Å². The number of hydrogen-bond donors (Lipinski definition) is 1. The van der Waals surface area contributed by atoms with Crippen molar-refractivity contribution in [2.45, 2.75) is 31.1 Å². The predicted octanol–water partition coefficient (Wildman–Crippen LogP) is 2.53. The molecule has 2 heterocycles. The topological polar surface area (TPSA) is 108 Å². The molecule has 1 fully saturated rings. The van der Waals surface area contributed by atoms with Crippen LogP contribution in [0.1, 0.15) is 29.2 Å². The van der Waals surface area contributed by atoms with Gasteiger partial charge in [0.05, 0.1) is 51.6 Å². The van der Waals surface area contributed by atoms with Crippen molar-refractivity contribution < 1.29 is 21.6 Å². The number of alkyl halides is 3. The maximum absolute atomic E-state index is 13.9. The van der Waals surface area contributed by atoms with Crippen LogP contribution in [-0.2, 0) is 29.1 Å². The van der Waals surface area contributed by atoms with Crippen molar-refractivity contribution in [1.82, 2.24) is 19.8 Å². The van der Waals surface area contributed by atoms with E-state index in [1.54, 1.807) is 0 Å². The normalized spacial score (nSPS) is 15.2. The summed E-state index contributed by atoms with van der Waals surface area (Å²) in [5.41, 5.74) is -1.02. The first-order chi connectivity index (χ1) is 17.0. The first kappa shape index (κ1) is 25.8. The van der Waals surface area contributed by atoms with Crippen LogP contribution in [-0.4, -0.2) is 54.8 Å². The molecule has 0 radical (unpaired) electrons. The zero-order valence-corrected chi connectivity index (χ0v) is 20.3. The summed E-state index contributed by atoms with van der Waals surface area (Å²) in [6.07, 6.45) is -3.46. The molecule has 3 aromatic rings. The van der Waals surface area contributed by atoms with Gasteiger partial charge in [-0.1, -0.05) is 6.92 Å². The summed E-state index contributed by atoms with van der Waals surface area (Å²) in [6.45, 7) is 3.94. The average molecular weight is 520 g/mol. The van der Waals surface area contributed by atoms with Crippen LogP contribution in [0.15, 0.2) is 46.3 Å². The molecular formula is C24H24F3N5O3S. The summed E-state index contributed by atoms with van der Waals surface area (Å²) in [4.78, 5) is 19.3. The van der Waals surface area contributed by atoms with Crippen LogP contribution in [0, 0.1) is 11.3 Å². The lowest BCUT2D eigenvalue weighted by atomic mass is 10.0. The Morgan fingerprint density at radius 2 is 1.83 bits per heavy atom. The van der Waals surface area contributed by atoms with Gasteiger partial charge in [0.1, 0.15) is 0 Å². The maximum atomic E-state index is 13.9. The molecule has 12 heteroatoms. The van der Waals surface area contributed by atoms with Gasteiger partial charge in [-0.2, -0.15) is 18.4 Å². The Hall–Kier alpha value is -3.27. The Bertz CT molecular complexity index is 1500. The second kappa shape index (κ2) is 10.0. The van der Waals surface area contributed by atoms with Gasteiger partial charge in [0.25, 0.3) is 5.56 Å². The predicted molar refractivity (Wildman–Crippen MR) is 127 cm³/mol. The highest BCUT2D eigenvalue weighted by Gasteiger charge is 2.34. The number of halogens is 3. The SMILES string of the molecule is CCS(=O)(=O)c1ccc(C#N)c(Cn2cnc3cc(CN4CCNCC4)c(C(F)(F)F)cc3c2=O)c1. The van der Waals surface area contributed by atoms with Crippen LogP contribution >= 0.6 is 0 Å². The summed E-state index contributed by atoms with van der Waals surface area (Å²) < 4.78 is 67.5. The Labute approximate surface area is 205 Å². The number of nitrogens with zero attached hydrogens (tertiary/aromatic N) is 4. The quantitative estimate of drug-likeness (QED) is 0.533. The van der Waals surface area contributed by atoms with E-state index in [1.807, 2.05) is 11.0 Å². The zero-order chi connectivity index (χ0) is 26.1. The highest BCUT2D eigenvalue weighted by molar-refractivity contribution is 7.91. The Morgan fingerprint density at radius 3 is 2.47 bits per heavy atom. The average Bonchev–Trinajstić information content (AvgIpc) is 2.85. The molecule has 190 valence electrons. The monoisotopic (exact) mass is 519 g/mol. The molecule has 0 atom stereocenters.